The summed E-state index contributed by atoms with van der Waals surface area (Å²) in [6.45, 7) is 0. The first-order valence-corrected chi connectivity index (χ1v) is 4.68. The van der Waals surface area contributed by atoms with Crippen molar-refractivity contribution >= 4 is 22.5 Å². The third kappa shape index (κ3) is 1.66. The molecular weight excluding hydrogens is 190 g/mol. The van der Waals surface area contributed by atoms with Gasteiger partial charge in [0, 0.05) is 30.7 Å². The number of nitrogens with one attached hydrogen (secondary N) is 1. The molecule has 3 N–H and O–H groups in total. The molecule has 4 nitrogen and oxygen atoms in total. The third-order valence-electron chi connectivity index (χ3n) is 2.28. The molecule has 0 aliphatic heterocycles. The Kier molecular flexibility index (Phi) is 2.11. The summed E-state index contributed by atoms with van der Waals surface area (Å²) in [7, 11) is 3.45. The molecule has 0 spiro atoms. The van der Waals surface area contributed by atoms with Crippen LogP contribution in [0.1, 0.15) is 10.5 Å². The molecule has 1 heterocycles. The number of nitrogen functional groups attached to an aromatic ring is 1. The van der Waals surface area contributed by atoms with E-state index in [9.17, 15) is 4.79 Å². The molecule has 1 aromatic carbocycles. The lowest BCUT2D eigenvalue weighted by Gasteiger charge is -2.07. The Labute approximate surface area is 87.7 Å². The van der Waals surface area contributed by atoms with Crippen LogP contribution in [0.15, 0.2) is 24.3 Å². The first kappa shape index (κ1) is 9.58. The van der Waals surface area contributed by atoms with E-state index in [0.29, 0.717) is 11.4 Å². The zero-order valence-electron chi connectivity index (χ0n) is 8.74. The summed E-state index contributed by atoms with van der Waals surface area (Å²) in [5.41, 5.74) is 7.87. The predicted molar refractivity (Wildman–Crippen MR) is 60.7 cm³/mol. The number of fused-ring (bicyclic) bond motifs is 1. The second kappa shape index (κ2) is 3.31. The third-order valence-corrected chi connectivity index (χ3v) is 2.28. The molecule has 0 saturated heterocycles. The molecule has 2 aromatic rings. The van der Waals surface area contributed by atoms with E-state index >= 15 is 0 Å². The first-order valence-electron chi connectivity index (χ1n) is 4.68. The van der Waals surface area contributed by atoms with Crippen LogP contribution in [0.25, 0.3) is 10.9 Å². The maximum atomic E-state index is 11.7. The van der Waals surface area contributed by atoms with Gasteiger partial charge >= 0.3 is 0 Å². The molecule has 4 heteroatoms. The minimum Gasteiger partial charge on any atom is -0.399 e. The van der Waals surface area contributed by atoms with Gasteiger partial charge in [-0.1, -0.05) is 0 Å². The summed E-state index contributed by atoms with van der Waals surface area (Å²) in [5, 5.41) is 0.959. The van der Waals surface area contributed by atoms with Gasteiger partial charge < -0.3 is 15.6 Å². The van der Waals surface area contributed by atoms with Crippen LogP contribution in [0.2, 0.25) is 0 Å². The van der Waals surface area contributed by atoms with Crippen LogP contribution in [0.4, 0.5) is 5.69 Å². The number of nitrogens with two attached hydrogens (primary N) is 1. The number of aromatic nitrogens is 1. The normalized spacial score (nSPS) is 10.5. The predicted octanol–water partition coefficient (Wildman–Crippen LogP) is 1.45. The molecule has 0 atom stereocenters. The fourth-order valence-corrected chi connectivity index (χ4v) is 1.51. The molecule has 0 unspecified atom stereocenters. The first-order chi connectivity index (χ1) is 7.08. The van der Waals surface area contributed by atoms with Crippen molar-refractivity contribution in [1.29, 1.82) is 0 Å². The molecule has 0 saturated carbocycles. The van der Waals surface area contributed by atoms with E-state index in [0.717, 1.165) is 10.9 Å². The van der Waals surface area contributed by atoms with Gasteiger partial charge in [-0.25, -0.2) is 0 Å². The number of carbonyl (C=O) groups is 1. The molecule has 78 valence electrons. The van der Waals surface area contributed by atoms with Crippen LogP contribution in [-0.4, -0.2) is 29.9 Å². The summed E-state index contributed by atoms with van der Waals surface area (Å²) in [6.07, 6.45) is 0. The van der Waals surface area contributed by atoms with Crippen LogP contribution in [-0.2, 0) is 0 Å². The highest BCUT2D eigenvalue weighted by molar-refractivity contribution is 5.98. The minimum absolute atomic E-state index is 0.0372. The molecule has 1 aromatic heterocycles. The Balaban J connectivity index is 2.52. The van der Waals surface area contributed by atoms with Gasteiger partial charge in [-0.05, 0) is 24.3 Å². The smallest absolute Gasteiger partial charge is 0.269 e. The highest BCUT2D eigenvalue weighted by Crippen LogP contribution is 2.18. The van der Waals surface area contributed by atoms with Gasteiger partial charge in [-0.2, -0.15) is 0 Å². The Morgan fingerprint density at radius 2 is 2.07 bits per heavy atom. The maximum Gasteiger partial charge on any atom is 0.269 e. The summed E-state index contributed by atoms with van der Waals surface area (Å²) in [4.78, 5) is 16.3. The minimum atomic E-state index is -0.0372. The quantitative estimate of drug-likeness (QED) is 0.689. The van der Waals surface area contributed by atoms with Gasteiger partial charge in [-0.15, -0.1) is 0 Å². The molecule has 1 amide bonds. The van der Waals surface area contributed by atoms with E-state index in [1.165, 1.54) is 4.90 Å². The second-order valence-electron chi connectivity index (χ2n) is 3.73. The van der Waals surface area contributed by atoms with Gasteiger partial charge in [0.05, 0.1) is 0 Å². The lowest BCUT2D eigenvalue weighted by atomic mass is 10.2. The van der Waals surface area contributed by atoms with Crippen LogP contribution < -0.4 is 5.73 Å². The average Bonchev–Trinajstić information content (AvgIpc) is 2.58. The number of hydrogen-bond acceptors (Lipinski definition) is 2. The molecule has 0 aliphatic carbocycles. The number of hydrogen-bond donors (Lipinski definition) is 2. The van der Waals surface area contributed by atoms with Crippen molar-refractivity contribution < 1.29 is 4.79 Å². The Hall–Kier alpha value is -1.97. The maximum absolute atomic E-state index is 11.7. The van der Waals surface area contributed by atoms with Gasteiger partial charge in [0.1, 0.15) is 5.69 Å². The SMILES string of the molecule is CN(C)C(=O)c1cc2cc(N)ccc2[nH]1. The topological polar surface area (TPSA) is 62.1 Å². The van der Waals surface area contributed by atoms with Crippen LogP contribution in [0.5, 0.6) is 0 Å². The zero-order valence-corrected chi connectivity index (χ0v) is 8.74. The Morgan fingerprint density at radius 3 is 2.73 bits per heavy atom. The van der Waals surface area contributed by atoms with Crippen molar-refractivity contribution in [3.05, 3.63) is 30.0 Å². The molecule has 0 aliphatic rings. The van der Waals surface area contributed by atoms with Gasteiger partial charge in [0.25, 0.3) is 5.91 Å². The van der Waals surface area contributed by atoms with Crippen LogP contribution >= 0.6 is 0 Å². The largest absolute Gasteiger partial charge is 0.399 e. The summed E-state index contributed by atoms with van der Waals surface area (Å²) < 4.78 is 0. The summed E-state index contributed by atoms with van der Waals surface area (Å²) >= 11 is 0. The fourth-order valence-electron chi connectivity index (χ4n) is 1.51. The number of nitrogens with zero attached hydrogens (tertiary/aromatic N) is 1. The van der Waals surface area contributed by atoms with Crippen LogP contribution in [0.3, 0.4) is 0 Å². The molecule has 0 bridgehead atoms. The summed E-state index contributed by atoms with van der Waals surface area (Å²) in [5.74, 6) is -0.0372. The number of anilines is 1. The van der Waals surface area contributed by atoms with Gasteiger partial charge in [0.15, 0.2) is 0 Å². The van der Waals surface area contributed by atoms with Crippen molar-refractivity contribution in [1.82, 2.24) is 9.88 Å². The summed E-state index contributed by atoms with van der Waals surface area (Å²) in [6, 6.07) is 7.34. The van der Waals surface area contributed by atoms with E-state index in [-0.39, 0.29) is 5.91 Å². The van der Waals surface area contributed by atoms with Crippen LogP contribution in [0, 0.1) is 0 Å². The second-order valence-corrected chi connectivity index (χ2v) is 3.73. The number of aromatic amines is 1. The van der Waals surface area contributed by atoms with E-state index in [1.807, 2.05) is 24.3 Å². The number of H-pyrrole nitrogens is 1. The lowest BCUT2D eigenvalue weighted by molar-refractivity contribution is 0.0823. The number of rotatable bonds is 1. The van der Waals surface area contributed by atoms with Crippen molar-refractivity contribution in [3.63, 3.8) is 0 Å². The van der Waals surface area contributed by atoms with E-state index < -0.39 is 0 Å². The van der Waals surface area contributed by atoms with Crippen molar-refractivity contribution in [2.45, 2.75) is 0 Å². The Morgan fingerprint density at radius 1 is 1.33 bits per heavy atom. The van der Waals surface area contributed by atoms with E-state index in [4.69, 9.17) is 5.73 Å². The Bertz CT molecular complexity index is 514. The number of amides is 1. The monoisotopic (exact) mass is 203 g/mol. The average molecular weight is 203 g/mol. The molecule has 0 fully saturated rings. The van der Waals surface area contributed by atoms with E-state index in [2.05, 4.69) is 4.98 Å². The highest BCUT2D eigenvalue weighted by atomic mass is 16.2. The number of carbonyl (C=O) groups excluding carboxylic acids is 1. The van der Waals surface area contributed by atoms with Crippen molar-refractivity contribution in [2.24, 2.45) is 0 Å². The molecule has 0 radical (unpaired) electrons. The lowest BCUT2D eigenvalue weighted by Crippen LogP contribution is -2.21. The molecule has 2 rings (SSSR count). The highest BCUT2D eigenvalue weighted by Gasteiger charge is 2.10. The standard InChI is InChI=1S/C11H13N3O/c1-14(2)11(15)10-6-7-5-8(12)3-4-9(7)13-10/h3-6,13H,12H2,1-2H3. The van der Waals surface area contributed by atoms with Crippen molar-refractivity contribution in [2.75, 3.05) is 19.8 Å². The molecule has 15 heavy (non-hydrogen) atoms. The fraction of sp³-hybridized carbons (Fsp3) is 0.182. The van der Waals surface area contributed by atoms with Crippen molar-refractivity contribution in [3.8, 4) is 0 Å². The molecular formula is C11H13N3O. The van der Waals surface area contributed by atoms with Gasteiger partial charge in [0.2, 0.25) is 0 Å². The van der Waals surface area contributed by atoms with E-state index in [1.54, 1.807) is 14.1 Å². The number of benzene rings is 1. The zero-order chi connectivity index (χ0) is 11.0. The van der Waals surface area contributed by atoms with Gasteiger partial charge in [-0.3, -0.25) is 4.79 Å².